The number of aryl methyl sites for hydroxylation is 1. The number of furan rings is 1. The summed E-state index contributed by atoms with van der Waals surface area (Å²) in [6.07, 6.45) is 2.85. The molecule has 0 spiro atoms. The van der Waals surface area contributed by atoms with E-state index in [1.807, 2.05) is 36.4 Å². The third-order valence-electron chi connectivity index (χ3n) is 3.61. The number of benzene rings is 2. The molecular formula is C18H16ClNO2. The molecule has 2 aromatic carbocycles. The van der Waals surface area contributed by atoms with Gasteiger partial charge >= 0.3 is 0 Å². The van der Waals surface area contributed by atoms with Crippen molar-refractivity contribution in [3.05, 3.63) is 64.9 Å². The molecule has 3 rings (SSSR count). The number of rotatable bonds is 4. The highest BCUT2D eigenvalue weighted by atomic mass is 35.5. The molecule has 112 valence electrons. The average Bonchev–Trinajstić information content (AvgIpc) is 2.90. The molecule has 1 N–H and O–H groups in total. The predicted octanol–water partition coefficient (Wildman–Crippen LogP) is 4.83. The molecule has 0 bridgehead atoms. The summed E-state index contributed by atoms with van der Waals surface area (Å²) in [6.45, 7) is 2.10. The van der Waals surface area contributed by atoms with Crippen molar-refractivity contribution < 1.29 is 9.21 Å². The number of halogens is 1. The first-order valence-corrected chi connectivity index (χ1v) is 7.58. The third-order valence-corrected chi connectivity index (χ3v) is 3.85. The van der Waals surface area contributed by atoms with Crippen molar-refractivity contribution in [3.8, 4) is 0 Å². The highest BCUT2D eigenvalue weighted by Crippen LogP contribution is 2.25. The normalized spacial score (nSPS) is 10.8. The maximum atomic E-state index is 12.2. The lowest BCUT2D eigenvalue weighted by atomic mass is 10.1. The largest absolute Gasteiger partial charge is 0.464 e. The third kappa shape index (κ3) is 3.15. The zero-order valence-electron chi connectivity index (χ0n) is 12.2. The van der Waals surface area contributed by atoms with Crippen LogP contribution < -0.4 is 5.32 Å². The van der Waals surface area contributed by atoms with Gasteiger partial charge in [-0.05, 0) is 42.3 Å². The van der Waals surface area contributed by atoms with Crippen molar-refractivity contribution in [2.24, 2.45) is 0 Å². The highest BCUT2D eigenvalue weighted by Gasteiger charge is 2.11. The van der Waals surface area contributed by atoms with Gasteiger partial charge in [0.2, 0.25) is 5.91 Å². The molecule has 0 fully saturated rings. The van der Waals surface area contributed by atoms with Crippen LogP contribution in [0.25, 0.3) is 11.0 Å². The minimum absolute atomic E-state index is 0.0769. The summed E-state index contributed by atoms with van der Waals surface area (Å²) in [5.74, 6) is -0.0769. The number of nitrogens with one attached hydrogen (secondary N) is 1. The van der Waals surface area contributed by atoms with Gasteiger partial charge in [-0.25, -0.2) is 0 Å². The molecule has 0 saturated carbocycles. The molecule has 22 heavy (non-hydrogen) atoms. The van der Waals surface area contributed by atoms with Crippen LogP contribution in [-0.2, 0) is 17.6 Å². The van der Waals surface area contributed by atoms with Crippen LogP contribution in [-0.4, -0.2) is 5.91 Å². The molecule has 1 heterocycles. The zero-order chi connectivity index (χ0) is 15.5. The van der Waals surface area contributed by atoms with Crippen molar-refractivity contribution in [1.29, 1.82) is 0 Å². The highest BCUT2D eigenvalue weighted by molar-refractivity contribution is 6.31. The summed E-state index contributed by atoms with van der Waals surface area (Å²) < 4.78 is 5.45. The van der Waals surface area contributed by atoms with E-state index in [9.17, 15) is 4.79 Å². The quantitative estimate of drug-likeness (QED) is 0.749. The molecule has 0 atom stereocenters. The lowest BCUT2D eigenvalue weighted by Crippen LogP contribution is -2.14. The van der Waals surface area contributed by atoms with Crippen molar-refractivity contribution in [2.75, 3.05) is 5.32 Å². The predicted molar refractivity (Wildman–Crippen MR) is 89.4 cm³/mol. The first-order chi connectivity index (χ1) is 10.7. The van der Waals surface area contributed by atoms with Crippen LogP contribution in [0.1, 0.15) is 18.1 Å². The molecule has 1 amide bonds. The summed E-state index contributed by atoms with van der Waals surface area (Å²) >= 11 is 6.00. The van der Waals surface area contributed by atoms with Crippen molar-refractivity contribution >= 4 is 34.2 Å². The number of carbonyl (C=O) groups excluding carboxylic acids is 1. The Bertz CT molecular complexity index is 806. The van der Waals surface area contributed by atoms with Crippen LogP contribution in [0, 0.1) is 0 Å². The lowest BCUT2D eigenvalue weighted by molar-refractivity contribution is -0.115. The van der Waals surface area contributed by atoms with Crippen LogP contribution in [0.3, 0.4) is 0 Å². The van der Waals surface area contributed by atoms with Crippen LogP contribution in [0.4, 0.5) is 5.69 Å². The topological polar surface area (TPSA) is 42.2 Å². The van der Waals surface area contributed by atoms with E-state index in [4.69, 9.17) is 16.0 Å². The first-order valence-electron chi connectivity index (χ1n) is 7.20. The van der Waals surface area contributed by atoms with E-state index >= 15 is 0 Å². The van der Waals surface area contributed by atoms with Gasteiger partial charge < -0.3 is 9.73 Å². The number of hydrogen-bond acceptors (Lipinski definition) is 2. The SMILES string of the molecule is CCc1ccc(NC(=O)Cc2coc3ccc(Cl)cc23)cc1. The molecule has 0 saturated heterocycles. The number of carbonyl (C=O) groups is 1. The second-order valence-corrected chi connectivity index (χ2v) is 5.61. The summed E-state index contributed by atoms with van der Waals surface area (Å²) in [4.78, 5) is 12.2. The summed E-state index contributed by atoms with van der Waals surface area (Å²) in [5, 5.41) is 4.41. The Morgan fingerprint density at radius 1 is 1.18 bits per heavy atom. The van der Waals surface area contributed by atoms with Gasteiger partial charge in [0.25, 0.3) is 0 Å². The smallest absolute Gasteiger partial charge is 0.228 e. The molecule has 0 aliphatic heterocycles. The van der Waals surface area contributed by atoms with Gasteiger partial charge in [-0.15, -0.1) is 0 Å². The lowest BCUT2D eigenvalue weighted by Gasteiger charge is -2.05. The summed E-state index contributed by atoms with van der Waals surface area (Å²) in [6, 6.07) is 13.3. The Labute approximate surface area is 133 Å². The Kier molecular flexibility index (Phi) is 4.16. The second-order valence-electron chi connectivity index (χ2n) is 5.18. The molecule has 0 aliphatic carbocycles. The minimum Gasteiger partial charge on any atom is -0.464 e. The molecule has 3 nitrogen and oxygen atoms in total. The summed E-state index contributed by atoms with van der Waals surface area (Å²) in [5.41, 5.74) is 3.61. The van der Waals surface area contributed by atoms with Gasteiger partial charge in [0, 0.05) is 21.7 Å². The van der Waals surface area contributed by atoms with Gasteiger partial charge in [0.1, 0.15) is 5.58 Å². The standard InChI is InChI=1S/C18H16ClNO2/c1-2-12-3-6-15(7-4-12)20-18(21)9-13-11-22-17-8-5-14(19)10-16(13)17/h3-8,10-11H,2,9H2,1H3,(H,20,21). The van der Waals surface area contributed by atoms with E-state index in [0.717, 1.165) is 28.6 Å². The fourth-order valence-corrected chi connectivity index (χ4v) is 2.56. The fourth-order valence-electron chi connectivity index (χ4n) is 2.39. The molecule has 1 aromatic heterocycles. The number of hydrogen-bond donors (Lipinski definition) is 1. The van der Waals surface area contributed by atoms with Gasteiger partial charge in [-0.3, -0.25) is 4.79 Å². The Morgan fingerprint density at radius 3 is 2.68 bits per heavy atom. The number of amides is 1. The van der Waals surface area contributed by atoms with Gasteiger partial charge in [0.05, 0.1) is 12.7 Å². The van der Waals surface area contributed by atoms with E-state index in [0.29, 0.717) is 5.02 Å². The molecule has 0 unspecified atom stereocenters. The zero-order valence-corrected chi connectivity index (χ0v) is 13.0. The van der Waals surface area contributed by atoms with E-state index in [1.54, 1.807) is 12.3 Å². The van der Waals surface area contributed by atoms with Gasteiger partial charge in [-0.1, -0.05) is 30.7 Å². The first kappa shape index (κ1) is 14.7. The summed E-state index contributed by atoms with van der Waals surface area (Å²) in [7, 11) is 0. The van der Waals surface area contributed by atoms with Crippen LogP contribution in [0.15, 0.2) is 53.1 Å². The van der Waals surface area contributed by atoms with E-state index < -0.39 is 0 Å². The van der Waals surface area contributed by atoms with Crippen LogP contribution in [0.5, 0.6) is 0 Å². The average molecular weight is 314 g/mol. The van der Waals surface area contributed by atoms with Crippen molar-refractivity contribution in [2.45, 2.75) is 19.8 Å². The van der Waals surface area contributed by atoms with Gasteiger partial charge in [0.15, 0.2) is 0 Å². The Morgan fingerprint density at radius 2 is 1.95 bits per heavy atom. The Hall–Kier alpha value is -2.26. The van der Waals surface area contributed by atoms with E-state index in [-0.39, 0.29) is 12.3 Å². The number of fused-ring (bicyclic) bond motifs is 1. The molecule has 0 aliphatic rings. The van der Waals surface area contributed by atoms with Gasteiger partial charge in [-0.2, -0.15) is 0 Å². The minimum atomic E-state index is -0.0769. The molecule has 0 radical (unpaired) electrons. The van der Waals surface area contributed by atoms with E-state index in [1.165, 1.54) is 5.56 Å². The molecule has 4 heteroatoms. The second kappa shape index (κ2) is 6.24. The Balaban J connectivity index is 1.73. The fraction of sp³-hybridized carbons (Fsp3) is 0.167. The van der Waals surface area contributed by atoms with Crippen molar-refractivity contribution in [3.63, 3.8) is 0 Å². The number of anilines is 1. The van der Waals surface area contributed by atoms with Crippen LogP contribution in [0.2, 0.25) is 5.02 Å². The maximum Gasteiger partial charge on any atom is 0.228 e. The molecular weight excluding hydrogens is 298 g/mol. The maximum absolute atomic E-state index is 12.2. The van der Waals surface area contributed by atoms with E-state index in [2.05, 4.69) is 12.2 Å². The monoisotopic (exact) mass is 313 g/mol. The van der Waals surface area contributed by atoms with Crippen LogP contribution >= 0.6 is 11.6 Å². The molecule has 3 aromatic rings. The van der Waals surface area contributed by atoms with Crippen molar-refractivity contribution in [1.82, 2.24) is 0 Å².